The molecule has 0 atom stereocenters. The number of nitriles is 1. The van der Waals surface area contributed by atoms with Gasteiger partial charge in [-0.3, -0.25) is 0 Å². The number of nitrogens with zero attached hydrogens (tertiary/aromatic N) is 3. The van der Waals surface area contributed by atoms with E-state index >= 15 is 0 Å². The Kier molecular flexibility index (Phi) is 4.54. The van der Waals surface area contributed by atoms with Crippen molar-refractivity contribution in [1.82, 2.24) is 9.97 Å². The lowest BCUT2D eigenvalue weighted by Crippen LogP contribution is -1.99. The Morgan fingerprint density at radius 2 is 1.92 bits per heavy atom. The topological polar surface area (TPSA) is 70.8 Å². The minimum Gasteiger partial charge on any atom is -0.454 e. The first-order chi connectivity index (χ1) is 11.7. The quantitative estimate of drug-likeness (QED) is 0.698. The molecule has 0 radical (unpaired) electrons. The van der Waals surface area contributed by atoms with E-state index in [-0.39, 0.29) is 22.3 Å². The normalized spacial score (nSPS) is 10.0. The van der Waals surface area contributed by atoms with Gasteiger partial charge < -0.3 is 10.1 Å². The second kappa shape index (κ2) is 6.94. The average Bonchev–Trinajstić information content (AvgIpc) is 2.58. The fourth-order valence-electron chi connectivity index (χ4n) is 1.97. The van der Waals surface area contributed by atoms with Crippen LogP contribution in [-0.4, -0.2) is 9.97 Å². The van der Waals surface area contributed by atoms with Crippen LogP contribution in [0.3, 0.4) is 0 Å². The van der Waals surface area contributed by atoms with Gasteiger partial charge in [-0.05, 0) is 24.3 Å². The molecule has 118 valence electrons. The van der Waals surface area contributed by atoms with Crippen LogP contribution in [0.1, 0.15) is 5.56 Å². The molecule has 1 heterocycles. The molecule has 1 N–H and O–H groups in total. The summed E-state index contributed by atoms with van der Waals surface area (Å²) < 4.78 is 19.7. The molecule has 0 fully saturated rings. The zero-order valence-corrected chi connectivity index (χ0v) is 13.0. The SMILES string of the molecule is N#Cc1c(Cl)ncnc1Nc1ccc(Oc2ccccc2)c(F)c1. The van der Waals surface area contributed by atoms with Crippen LogP contribution in [-0.2, 0) is 0 Å². The first kappa shape index (κ1) is 15.7. The van der Waals surface area contributed by atoms with Gasteiger partial charge in [0.05, 0.1) is 0 Å². The number of rotatable bonds is 4. The number of para-hydroxylation sites is 1. The molecule has 3 aromatic rings. The maximum Gasteiger partial charge on any atom is 0.167 e. The van der Waals surface area contributed by atoms with Gasteiger partial charge in [-0.2, -0.15) is 5.26 Å². The number of hydrogen-bond acceptors (Lipinski definition) is 5. The number of nitrogens with one attached hydrogen (secondary N) is 1. The van der Waals surface area contributed by atoms with Crippen LogP contribution in [0.2, 0.25) is 5.15 Å². The Morgan fingerprint density at radius 3 is 2.62 bits per heavy atom. The molecule has 5 nitrogen and oxygen atoms in total. The minimum absolute atomic E-state index is 0.0273. The number of halogens is 2. The molecule has 0 aliphatic heterocycles. The van der Waals surface area contributed by atoms with Crippen molar-refractivity contribution >= 4 is 23.1 Å². The molecule has 0 spiro atoms. The zero-order valence-electron chi connectivity index (χ0n) is 12.2. The molecule has 0 saturated carbocycles. The number of ether oxygens (including phenoxy) is 1. The molecule has 24 heavy (non-hydrogen) atoms. The van der Waals surface area contributed by atoms with Crippen LogP contribution >= 0.6 is 11.6 Å². The number of anilines is 2. The molecule has 7 heteroatoms. The standard InChI is InChI=1S/C17H10ClFN4O/c18-16-13(9-20)17(22-10-21-16)23-11-6-7-15(14(19)8-11)24-12-4-2-1-3-5-12/h1-8,10H,(H,21,22,23). The van der Waals surface area contributed by atoms with Crippen molar-refractivity contribution < 1.29 is 9.13 Å². The average molecular weight is 341 g/mol. The predicted octanol–water partition coefficient (Wildman–Crippen LogP) is 4.68. The fourth-order valence-corrected chi connectivity index (χ4v) is 2.15. The van der Waals surface area contributed by atoms with E-state index in [1.54, 1.807) is 30.3 Å². The van der Waals surface area contributed by atoms with Gasteiger partial charge in [-0.1, -0.05) is 29.8 Å². The molecule has 0 aliphatic carbocycles. The molecular weight excluding hydrogens is 331 g/mol. The summed E-state index contributed by atoms with van der Waals surface area (Å²) in [6.45, 7) is 0. The molecule has 0 unspecified atom stereocenters. The van der Waals surface area contributed by atoms with E-state index in [1.165, 1.54) is 18.5 Å². The predicted molar refractivity (Wildman–Crippen MR) is 88.0 cm³/mol. The number of hydrogen-bond donors (Lipinski definition) is 1. The van der Waals surface area contributed by atoms with Crippen molar-refractivity contribution in [1.29, 1.82) is 5.26 Å². The molecule has 2 aromatic carbocycles. The maximum atomic E-state index is 14.2. The number of benzene rings is 2. The van der Waals surface area contributed by atoms with Gasteiger partial charge in [0.25, 0.3) is 0 Å². The largest absolute Gasteiger partial charge is 0.454 e. The van der Waals surface area contributed by atoms with Gasteiger partial charge in [0.2, 0.25) is 0 Å². The van der Waals surface area contributed by atoms with Crippen LogP contribution in [0, 0.1) is 17.1 Å². The van der Waals surface area contributed by atoms with Gasteiger partial charge in [0.1, 0.15) is 23.7 Å². The Balaban J connectivity index is 1.83. The van der Waals surface area contributed by atoms with Crippen LogP contribution < -0.4 is 10.1 Å². The van der Waals surface area contributed by atoms with E-state index < -0.39 is 5.82 Å². The summed E-state index contributed by atoms with van der Waals surface area (Å²) in [6.07, 6.45) is 1.22. The van der Waals surface area contributed by atoms with E-state index in [9.17, 15) is 4.39 Å². The lowest BCUT2D eigenvalue weighted by Gasteiger charge is -2.10. The molecule has 0 saturated heterocycles. The van der Waals surface area contributed by atoms with Crippen molar-refractivity contribution in [3.63, 3.8) is 0 Å². The summed E-state index contributed by atoms with van der Waals surface area (Å²) in [5.74, 6) is 0.274. The van der Waals surface area contributed by atoms with E-state index in [1.807, 2.05) is 12.1 Å². The second-order valence-electron chi connectivity index (χ2n) is 4.69. The highest BCUT2D eigenvalue weighted by molar-refractivity contribution is 6.30. The zero-order chi connectivity index (χ0) is 16.9. The molecule has 0 amide bonds. The van der Waals surface area contributed by atoms with Gasteiger partial charge in [0.15, 0.2) is 22.5 Å². The molecule has 1 aromatic heterocycles. The van der Waals surface area contributed by atoms with Crippen LogP contribution in [0.5, 0.6) is 11.5 Å². The summed E-state index contributed by atoms with van der Waals surface area (Å²) in [5.41, 5.74) is 0.489. The Hall–Kier alpha value is -3.17. The first-order valence-corrected chi connectivity index (χ1v) is 7.25. The van der Waals surface area contributed by atoms with Crippen molar-refractivity contribution in [2.24, 2.45) is 0 Å². The van der Waals surface area contributed by atoms with E-state index in [4.69, 9.17) is 21.6 Å². The molecular formula is C17H10ClFN4O. The van der Waals surface area contributed by atoms with Crippen molar-refractivity contribution in [2.75, 3.05) is 5.32 Å². The third-order valence-corrected chi connectivity index (χ3v) is 3.37. The maximum absolute atomic E-state index is 14.2. The minimum atomic E-state index is -0.553. The lowest BCUT2D eigenvalue weighted by atomic mass is 10.2. The third kappa shape index (κ3) is 3.42. The van der Waals surface area contributed by atoms with Crippen LogP contribution in [0.4, 0.5) is 15.9 Å². The van der Waals surface area contributed by atoms with Gasteiger partial charge in [-0.25, -0.2) is 14.4 Å². The van der Waals surface area contributed by atoms with Crippen molar-refractivity contribution in [3.8, 4) is 17.6 Å². The fraction of sp³-hybridized carbons (Fsp3) is 0. The summed E-state index contributed by atoms with van der Waals surface area (Å²) in [6, 6.07) is 15.1. The Bertz CT molecular complexity index is 912. The summed E-state index contributed by atoms with van der Waals surface area (Å²) >= 11 is 5.83. The first-order valence-electron chi connectivity index (χ1n) is 6.87. The van der Waals surface area contributed by atoms with Crippen molar-refractivity contribution in [3.05, 3.63) is 71.4 Å². The smallest absolute Gasteiger partial charge is 0.167 e. The van der Waals surface area contributed by atoms with Gasteiger partial charge >= 0.3 is 0 Å². The van der Waals surface area contributed by atoms with Crippen LogP contribution in [0.25, 0.3) is 0 Å². The summed E-state index contributed by atoms with van der Waals surface area (Å²) in [7, 11) is 0. The second-order valence-corrected chi connectivity index (χ2v) is 5.04. The Labute approximate surface area is 142 Å². The summed E-state index contributed by atoms with van der Waals surface area (Å²) in [4.78, 5) is 7.67. The monoisotopic (exact) mass is 340 g/mol. The highest BCUT2D eigenvalue weighted by Gasteiger charge is 2.11. The number of aromatic nitrogens is 2. The molecule has 3 rings (SSSR count). The van der Waals surface area contributed by atoms with Gasteiger partial charge in [-0.15, -0.1) is 0 Å². The van der Waals surface area contributed by atoms with E-state index in [0.29, 0.717) is 11.4 Å². The highest BCUT2D eigenvalue weighted by atomic mass is 35.5. The van der Waals surface area contributed by atoms with Gasteiger partial charge in [0, 0.05) is 11.8 Å². The van der Waals surface area contributed by atoms with E-state index in [2.05, 4.69) is 15.3 Å². The third-order valence-electron chi connectivity index (χ3n) is 3.08. The molecule has 0 aliphatic rings. The molecule has 0 bridgehead atoms. The van der Waals surface area contributed by atoms with Crippen LogP contribution in [0.15, 0.2) is 54.9 Å². The Morgan fingerprint density at radius 1 is 1.12 bits per heavy atom. The van der Waals surface area contributed by atoms with Crippen molar-refractivity contribution in [2.45, 2.75) is 0 Å². The lowest BCUT2D eigenvalue weighted by molar-refractivity contribution is 0.442. The summed E-state index contributed by atoms with van der Waals surface area (Å²) in [5, 5.41) is 12.0. The van der Waals surface area contributed by atoms with E-state index in [0.717, 1.165) is 0 Å². The highest BCUT2D eigenvalue weighted by Crippen LogP contribution is 2.28.